The zero-order chi connectivity index (χ0) is 16.2. The molecule has 1 aromatic carbocycles. The van der Waals surface area contributed by atoms with Gasteiger partial charge in [0, 0.05) is 0 Å². The number of benzene rings is 1. The van der Waals surface area contributed by atoms with Crippen LogP contribution < -0.4 is 20.4 Å². The second-order valence-corrected chi connectivity index (χ2v) is 5.46. The highest BCUT2D eigenvalue weighted by atomic mass is 32.2. The molecule has 116 valence electrons. The molecule has 0 aromatic heterocycles. The summed E-state index contributed by atoms with van der Waals surface area (Å²) in [5.41, 5.74) is 6.98. The van der Waals surface area contributed by atoms with Crippen molar-refractivity contribution in [3.05, 3.63) is 23.8 Å². The van der Waals surface area contributed by atoms with Crippen LogP contribution in [0, 0.1) is 5.41 Å². The molecule has 0 saturated heterocycles. The molecule has 8 heteroatoms. The number of carbonyl (C=O) groups excluding carboxylic acids is 1. The van der Waals surface area contributed by atoms with Crippen molar-refractivity contribution >= 4 is 37.5 Å². The van der Waals surface area contributed by atoms with Crippen LogP contribution in [0.3, 0.4) is 0 Å². The fourth-order valence-electron chi connectivity index (χ4n) is 2.12. The van der Waals surface area contributed by atoms with Crippen LogP contribution in [-0.2, 0) is 4.79 Å². The van der Waals surface area contributed by atoms with Crippen molar-refractivity contribution in [1.82, 2.24) is 5.23 Å². The molecule has 0 unspecified atom stereocenters. The second-order valence-electron chi connectivity index (χ2n) is 4.89. The third kappa shape index (κ3) is 3.16. The van der Waals surface area contributed by atoms with Gasteiger partial charge in [0.2, 0.25) is 13.9 Å². The standard InChI is InChI=1S/C12H13BN4O2S.C2H6/c13-15-11(18)12(4-5-12)6-19-8-3-1-2-7-9(8)10(14)17-20-16-7;1-2/h1-3,16H,4-6H2,(H2,14,17)(H,15,18);1-2H3. The molecule has 6 nitrogen and oxygen atoms in total. The molecule has 0 atom stereocenters. The van der Waals surface area contributed by atoms with Crippen molar-refractivity contribution in [2.24, 2.45) is 15.5 Å². The molecule has 1 aliphatic carbocycles. The van der Waals surface area contributed by atoms with E-state index in [9.17, 15) is 4.79 Å². The topological polar surface area (TPSA) is 88.7 Å². The molecule has 4 N–H and O–H groups in total. The maximum Gasteiger partial charge on any atom is 0.226 e. The number of hydrogen-bond donors (Lipinski definition) is 3. The summed E-state index contributed by atoms with van der Waals surface area (Å²) in [7, 11) is 5.19. The number of anilines is 1. The number of fused-ring (bicyclic) bond motifs is 1. The number of carbonyl (C=O) groups is 1. The lowest BCUT2D eigenvalue weighted by Crippen LogP contribution is -2.34. The molecule has 0 bridgehead atoms. The predicted molar refractivity (Wildman–Crippen MR) is 90.8 cm³/mol. The SMILES string of the molecule is CC.[B]NC(=O)C1(COc2cccc3c2C(N)=NSN3)CC1. The summed E-state index contributed by atoms with van der Waals surface area (Å²) in [5.74, 6) is 0.845. The number of nitrogens with one attached hydrogen (secondary N) is 2. The van der Waals surface area contributed by atoms with E-state index in [0.29, 0.717) is 11.6 Å². The molecule has 1 saturated carbocycles. The Morgan fingerprint density at radius 1 is 1.55 bits per heavy atom. The van der Waals surface area contributed by atoms with Crippen molar-refractivity contribution < 1.29 is 9.53 Å². The first-order valence-electron chi connectivity index (χ1n) is 7.19. The van der Waals surface area contributed by atoms with Crippen LogP contribution in [0.4, 0.5) is 5.69 Å². The molecule has 2 aliphatic rings. The highest BCUT2D eigenvalue weighted by molar-refractivity contribution is 7.99. The van der Waals surface area contributed by atoms with E-state index in [1.807, 2.05) is 32.0 Å². The van der Waals surface area contributed by atoms with E-state index in [1.54, 1.807) is 0 Å². The lowest BCUT2D eigenvalue weighted by molar-refractivity contribution is -0.125. The minimum atomic E-state index is -0.500. The van der Waals surface area contributed by atoms with Gasteiger partial charge in [-0.05, 0) is 25.0 Å². The number of amidine groups is 1. The lowest BCUT2D eigenvalue weighted by atomic mass is 10.1. The first-order chi connectivity index (χ1) is 10.7. The fraction of sp³-hybridized carbons (Fsp3) is 0.429. The van der Waals surface area contributed by atoms with Gasteiger partial charge in [-0.2, -0.15) is 4.40 Å². The summed E-state index contributed by atoms with van der Waals surface area (Å²) in [6, 6.07) is 5.58. The summed E-state index contributed by atoms with van der Waals surface area (Å²) in [6.45, 7) is 4.28. The summed E-state index contributed by atoms with van der Waals surface area (Å²) in [4.78, 5) is 11.7. The Kier molecular flexibility index (Phi) is 5.23. The average Bonchev–Trinajstić information content (AvgIpc) is 3.35. The maximum absolute atomic E-state index is 11.7. The van der Waals surface area contributed by atoms with E-state index < -0.39 is 5.41 Å². The van der Waals surface area contributed by atoms with Crippen LogP contribution in [-0.4, -0.2) is 26.3 Å². The van der Waals surface area contributed by atoms with Gasteiger partial charge in [-0.1, -0.05) is 19.9 Å². The van der Waals surface area contributed by atoms with Gasteiger partial charge in [0.15, 0.2) is 0 Å². The monoisotopic (exact) mass is 318 g/mol. The van der Waals surface area contributed by atoms with E-state index in [4.69, 9.17) is 18.5 Å². The normalized spacial score (nSPS) is 16.9. The van der Waals surface area contributed by atoms with Gasteiger partial charge in [0.05, 0.1) is 28.8 Å². The lowest BCUT2D eigenvalue weighted by Gasteiger charge is -2.20. The van der Waals surface area contributed by atoms with Crippen molar-refractivity contribution in [2.75, 3.05) is 11.3 Å². The molecule has 1 aliphatic heterocycles. The average molecular weight is 318 g/mol. The number of nitrogens with two attached hydrogens (primary N) is 1. The van der Waals surface area contributed by atoms with Crippen LogP contribution in [0.25, 0.3) is 0 Å². The van der Waals surface area contributed by atoms with Crippen LogP contribution in [0.1, 0.15) is 32.3 Å². The molecule has 0 spiro atoms. The Balaban J connectivity index is 0.000000847. The first kappa shape index (κ1) is 16.5. The zero-order valence-corrected chi connectivity index (χ0v) is 13.5. The third-order valence-electron chi connectivity index (χ3n) is 3.55. The van der Waals surface area contributed by atoms with Gasteiger partial charge >= 0.3 is 0 Å². The Hall–Kier alpha value is -1.83. The van der Waals surface area contributed by atoms with E-state index in [2.05, 4.69) is 14.3 Å². The number of nitrogens with zero attached hydrogens (tertiary/aromatic N) is 1. The third-order valence-corrected chi connectivity index (χ3v) is 4.15. The Bertz CT molecular complexity index is 590. The fourth-order valence-corrected chi connectivity index (χ4v) is 2.63. The van der Waals surface area contributed by atoms with Gasteiger partial charge in [0.25, 0.3) is 0 Å². The number of ether oxygens (including phenoxy) is 1. The molecule has 3 rings (SSSR count). The van der Waals surface area contributed by atoms with Crippen molar-refractivity contribution in [1.29, 1.82) is 0 Å². The number of hydrogen-bond acceptors (Lipinski definition) is 6. The van der Waals surface area contributed by atoms with Gasteiger partial charge in [-0.25, -0.2) is 0 Å². The summed E-state index contributed by atoms with van der Waals surface area (Å²) in [6.07, 6.45) is 1.56. The largest absolute Gasteiger partial charge is 0.492 e. The highest BCUT2D eigenvalue weighted by Crippen LogP contribution is 2.46. The van der Waals surface area contributed by atoms with Gasteiger partial charge in [0.1, 0.15) is 18.2 Å². The van der Waals surface area contributed by atoms with Crippen LogP contribution in [0.15, 0.2) is 22.6 Å². The summed E-state index contributed by atoms with van der Waals surface area (Å²) >= 11 is 1.18. The van der Waals surface area contributed by atoms with E-state index in [1.165, 1.54) is 12.1 Å². The van der Waals surface area contributed by atoms with Crippen LogP contribution >= 0.6 is 12.1 Å². The molecular weight excluding hydrogens is 299 g/mol. The van der Waals surface area contributed by atoms with E-state index in [-0.39, 0.29) is 12.5 Å². The van der Waals surface area contributed by atoms with Gasteiger partial charge < -0.3 is 20.4 Å². The highest BCUT2D eigenvalue weighted by Gasteiger charge is 2.50. The molecule has 2 radical (unpaired) electrons. The maximum atomic E-state index is 11.7. The molecule has 1 fully saturated rings. The van der Waals surface area contributed by atoms with E-state index in [0.717, 1.165) is 24.1 Å². The quantitative estimate of drug-likeness (QED) is 0.581. The first-order valence-corrected chi connectivity index (χ1v) is 7.96. The summed E-state index contributed by atoms with van der Waals surface area (Å²) < 4.78 is 12.9. The van der Waals surface area contributed by atoms with Crippen LogP contribution in [0.5, 0.6) is 5.75 Å². The summed E-state index contributed by atoms with van der Waals surface area (Å²) in [5, 5.41) is 2.19. The molecule has 1 heterocycles. The minimum absolute atomic E-state index is 0.183. The smallest absolute Gasteiger partial charge is 0.226 e. The van der Waals surface area contributed by atoms with E-state index >= 15 is 0 Å². The molecule has 22 heavy (non-hydrogen) atoms. The zero-order valence-electron chi connectivity index (χ0n) is 12.7. The van der Waals surface area contributed by atoms with Crippen molar-refractivity contribution in [3.8, 4) is 5.75 Å². The Morgan fingerprint density at radius 3 is 2.91 bits per heavy atom. The van der Waals surface area contributed by atoms with Gasteiger partial charge in [-0.15, -0.1) is 0 Å². The van der Waals surface area contributed by atoms with Crippen LogP contribution in [0.2, 0.25) is 0 Å². The molecule has 1 aromatic rings. The van der Waals surface area contributed by atoms with Crippen molar-refractivity contribution in [3.63, 3.8) is 0 Å². The minimum Gasteiger partial charge on any atom is -0.492 e. The number of amides is 1. The predicted octanol–water partition coefficient (Wildman–Crippen LogP) is 1.77. The second kappa shape index (κ2) is 6.96. The Morgan fingerprint density at radius 2 is 2.27 bits per heavy atom. The van der Waals surface area contributed by atoms with Crippen molar-refractivity contribution in [2.45, 2.75) is 26.7 Å². The molecule has 1 amide bonds. The molecular formula is C14H19BN4O2S. The Labute approximate surface area is 136 Å². The van der Waals surface area contributed by atoms with Gasteiger partial charge in [-0.3, -0.25) is 4.79 Å². The number of rotatable bonds is 4.